The molecule has 2 aromatic rings. The molecule has 6 nitrogen and oxygen atoms in total. The predicted molar refractivity (Wildman–Crippen MR) is 120 cm³/mol. The fourth-order valence-electron chi connectivity index (χ4n) is 2.43. The van der Waals surface area contributed by atoms with Gasteiger partial charge in [0.1, 0.15) is 0 Å². The number of pyridine rings is 2. The average Bonchev–Trinajstić information content (AvgIpc) is 3.14. The molecule has 0 N–H and O–H groups in total. The first-order valence-corrected chi connectivity index (χ1v) is 10.4. The first-order valence-electron chi connectivity index (χ1n) is 10.4. The Morgan fingerprint density at radius 3 is 1.69 bits per heavy atom. The van der Waals surface area contributed by atoms with Crippen LogP contribution >= 0.6 is 0 Å². The number of hydrogen-bond acceptors (Lipinski definition) is 6. The SMILES string of the molecule is CC(C)C.CC(C)c1cc2c(cn1)OC(F)(F)CO2.CC(C)c1cc2c(cn1)OCO2.[B]. The van der Waals surface area contributed by atoms with Gasteiger partial charge >= 0.3 is 6.11 Å². The highest BCUT2D eigenvalue weighted by Gasteiger charge is 2.38. The zero-order valence-electron chi connectivity index (χ0n) is 19.8. The predicted octanol–water partition coefficient (Wildman–Crippen LogP) is 5.78. The molecule has 0 amide bonds. The van der Waals surface area contributed by atoms with E-state index >= 15 is 0 Å². The number of fused-ring (bicyclic) bond motifs is 2. The molecule has 4 rings (SSSR count). The average molecular weight is 449 g/mol. The van der Waals surface area contributed by atoms with Gasteiger partial charge in [0.05, 0.1) is 12.4 Å². The molecule has 0 fully saturated rings. The second kappa shape index (κ2) is 11.9. The third-order valence-corrected chi connectivity index (χ3v) is 3.97. The molecule has 2 aliphatic rings. The van der Waals surface area contributed by atoms with Gasteiger partial charge in [0.25, 0.3) is 0 Å². The van der Waals surface area contributed by atoms with E-state index in [0.717, 1.165) is 28.8 Å². The van der Waals surface area contributed by atoms with Gasteiger partial charge in [0.15, 0.2) is 29.6 Å². The lowest BCUT2D eigenvalue weighted by molar-refractivity contribution is -0.209. The normalized spacial score (nSPS) is 14.8. The summed E-state index contributed by atoms with van der Waals surface area (Å²) in [6.07, 6.45) is -0.260. The van der Waals surface area contributed by atoms with Crippen LogP contribution in [0.1, 0.15) is 71.7 Å². The van der Waals surface area contributed by atoms with Crippen molar-refractivity contribution in [2.45, 2.75) is 66.4 Å². The lowest BCUT2D eigenvalue weighted by atomic mass is 10.1. The van der Waals surface area contributed by atoms with Crippen molar-refractivity contribution in [2.24, 2.45) is 5.92 Å². The first-order chi connectivity index (χ1) is 14.5. The number of hydrogen-bond donors (Lipinski definition) is 0. The summed E-state index contributed by atoms with van der Waals surface area (Å²) in [5.41, 5.74) is 1.84. The van der Waals surface area contributed by atoms with Crippen molar-refractivity contribution < 1.29 is 27.7 Å². The van der Waals surface area contributed by atoms with Crippen LogP contribution in [0.2, 0.25) is 0 Å². The van der Waals surface area contributed by atoms with Crippen molar-refractivity contribution in [3.63, 3.8) is 0 Å². The molecule has 0 unspecified atom stereocenters. The lowest BCUT2D eigenvalue weighted by Gasteiger charge is -2.25. The van der Waals surface area contributed by atoms with E-state index < -0.39 is 12.7 Å². The van der Waals surface area contributed by atoms with Crippen molar-refractivity contribution in [1.82, 2.24) is 9.97 Å². The van der Waals surface area contributed by atoms with E-state index in [9.17, 15) is 8.78 Å². The number of nitrogens with zero attached hydrogens (tertiary/aromatic N) is 2. The smallest absolute Gasteiger partial charge is 0.433 e. The lowest BCUT2D eigenvalue weighted by Crippen LogP contribution is -2.36. The summed E-state index contributed by atoms with van der Waals surface area (Å²) < 4.78 is 45.3. The van der Waals surface area contributed by atoms with Gasteiger partial charge in [-0.1, -0.05) is 48.5 Å². The van der Waals surface area contributed by atoms with Crippen LogP contribution in [-0.4, -0.2) is 37.9 Å². The number of ether oxygens (including phenoxy) is 4. The molecular formula is C23H32BF2N2O4. The fourth-order valence-corrected chi connectivity index (χ4v) is 2.43. The van der Waals surface area contributed by atoms with Gasteiger partial charge in [-0.05, 0) is 17.8 Å². The Hall–Kier alpha value is -2.58. The molecule has 175 valence electrons. The molecule has 3 radical (unpaired) electrons. The van der Waals surface area contributed by atoms with Crippen LogP contribution in [0, 0.1) is 5.92 Å². The molecule has 0 spiro atoms. The third-order valence-electron chi connectivity index (χ3n) is 3.97. The van der Waals surface area contributed by atoms with E-state index in [4.69, 9.17) is 14.2 Å². The van der Waals surface area contributed by atoms with Crippen LogP contribution in [-0.2, 0) is 0 Å². The maximum atomic E-state index is 12.8. The molecular weight excluding hydrogens is 417 g/mol. The van der Waals surface area contributed by atoms with Gasteiger partial charge in [0.2, 0.25) is 6.79 Å². The summed E-state index contributed by atoms with van der Waals surface area (Å²) in [4.78, 5) is 8.26. The van der Waals surface area contributed by atoms with Crippen LogP contribution < -0.4 is 18.9 Å². The molecule has 0 aliphatic carbocycles. The fraction of sp³-hybridized carbons (Fsp3) is 0.565. The van der Waals surface area contributed by atoms with Gasteiger partial charge in [0, 0.05) is 31.9 Å². The Balaban J connectivity index is 0.000000272. The van der Waals surface area contributed by atoms with Crippen LogP contribution in [0.4, 0.5) is 8.78 Å². The van der Waals surface area contributed by atoms with Crippen molar-refractivity contribution in [1.29, 1.82) is 0 Å². The molecule has 2 aliphatic heterocycles. The number of aromatic nitrogens is 2. The highest BCUT2D eigenvalue weighted by atomic mass is 19.3. The summed E-state index contributed by atoms with van der Waals surface area (Å²) in [5, 5.41) is 0. The summed E-state index contributed by atoms with van der Waals surface area (Å²) in [5.74, 6) is 3.38. The van der Waals surface area contributed by atoms with Crippen molar-refractivity contribution in [3.8, 4) is 23.0 Å². The largest absolute Gasteiger partial charge is 0.479 e. The van der Waals surface area contributed by atoms with Gasteiger partial charge in [-0.15, -0.1) is 0 Å². The minimum Gasteiger partial charge on any atom is -0.479 e. The number of rotatable bonds is 2. The van der Waals surface area contributed by atoms with Gasteiger partial charge in [-0.3, -0.25) is 9.97 Å². The van der Waals surface area contributed by atoms with Crippen molar-refractivity contribution in [3.05, 3.63) is 35.9 Å². The summed E-state index contributed by atoms with van der Waals surface area (Å²) in [6.45, 7) is 14.2. The van der Waals surface area contributed by atoms with Crippen molar-refractivity contribution in [2.75, 3.05) is 13.4 Å². The summed E-state index contributed by atoms with van der Waals surface area (Å²) in [6, 6.07) is 3.57. The molecule has 0 saturated carbocycles. The highest BCUT2D eigenvalue weighted by molar-refractivity contribution is 5.75. The number of halogens is 2. The van der Waals surface area contributed by atoms with Gasteiger partial charge in [-0.25, -0.2) is 0 Å². The quantitative estimate of drug-likeness (QED) is 0.542. The van der Waals surface area contributed by atoms with E-state index in [1.54, 1.807) is 12.3 Å². The zero-order chi connectivity index (χ0) is 23.2. The molecule has 9 heteroatoms. The van der Waals surface area contributed by atoms with E-state index in [-0.39, 0.29) is 20.1 Å². The Labute approximate surface area is 191 Å². The maximum Gasteiger partial charge on any atom is 0.433 e. The van der Waals surface area contributed by atoms with E-state index in [1.165, 1.54) is 6.20 Å². The van der Waals surface area contributed by atoms with E-state index in [1.807, 2.05) is 19.9 Å². The molecule has 0 atom stereocenters. The molecule has 32 heavy (non-hydrogen) atoms. The Morgan fingerprint density at radius 2 is 1.19 bits per heavy atom. The monoisotopic (exact) mass is 449 g/mol. The maximum absolute atomic E-state index is 12.8. The van der Waals surface area contributed by atoms with Crippen molar-refractivity contribution >= 4 is 8.41 Å². The molecule has 0 saturated heterocycles. The second-order valence-corrected chi connectivity index (χ2v) is 8.59. The van der Waals surface area contributed by atoms with E-state index in [2.05, 4.69) is 49.3 Å². The summed E-state index contributed by atoms with van der Waals surface area (Å²) in [7, 11) is 0. The van der Waals surface area contributed by atoms with Crippen LogP contribution in [0.3, 0.4) is 0 Å². The topological polar surface area (TPSA) is 62.7 Å². The minimum atomic E-state index is -3.26. The molecule has 0 aromatic carbocycles. The van der Waals surface area contributed by atoms with E-state index in [0.29, 0.717) is 18.5 Å². The first kappa shape index (κ1) is 27.5. The van der Waals surface area contributed by atoms with Crippen LogP contribution in [0.5, 0.6) is 23.0 Å². The Bertz CT molecular complexity index is 861. The third kappa shape index (κ3) is 8.17. The Kier molecular flexibility index (Phi) is 10.2. The second-order valence-electron chi connectivity index (χ2n) is 8.59. The number of alkyl halides is 2. The molecule has 4 heterocycles. The summed E-state index contributed by atoms with van der Waals surface area (Å²) >= 11 is 0. The molecule has 2 aromatic heterocycles. The van der Waals surface area contributed by atoms with Gasteiger partial charge in [-0.2, -0.15) is 8.78 Å². The zero-order valence-corrected chi connectivity index (χ0v) is 19.8. The minimum absolute atomic E-state index is 0. The molecule has 0 bridgehead atoms. The highest BCUT2D eigenvalue weighted by Crippen LogP contribution is 2.37. The van der Waals surface area contributed by atoms with Crippen LogP contribution in [0.25, 0.3) is 0 Å². The van der Waals surface area contributed by atoms with Crippen LogP contribution in [0.15, 0.2) is 24.5 Å². The Morgan fingerprint density at radius 1 is 0.750 bits per heavy atom. The standard InChI is InChI=1S/C10H11F2NO2.C9H11NO2.C4H10.B/c1-6(2)7-3-8-9(4-13-7)15-10(11,12)5-14-8;1-6(2)7-3-8-9(4-10-7)12-5-11-8;1-4(2)3;/h3-4,6H,5H2,1-2H3;3-4,6H,5H2,1-2H3;4H,1-3H3;. The van der Waals surface area contributed by atoms with Gasteiger partial charge < -0.3 is 18.9 Å².